The van der Waals surface area contributed by atoms with E-state index in [4.69, 9.17) is 0 Å². The molecule has 0 spiro atoms. The number of carbonyl (C=O) groups excluding carboxylic acids is 1. The first-order valence-electron chi connectivity index (χ1n) is 5.79. The Balaban J connectivity index is 2.24. The second kappa shape index (κ2) is 2.62. The summed E-state index contributed by atoms with van der Waals surface area (Å²) in [6.45, 7) is 11.4. The normalized spacial score (nSPS) is 47.5. The van der Waals surface area contributed by atoms with Gasteiger partial charge in [-0.15, -0.1) is 0 Å². The lowest BCUT2D eigenvalue weighted by atomic mass is 9.48. The number of rotatable bonds is 0. The third-order valence-electron chi connectivity index (χ3n) is 4.86. The van der Waals surface area contributed by atoms with E-state index in [0.717, 1.165) is 6.42 Å². The van der Waals surface area contributed by atoms with Gasteiger partial charge in [0.05, 0.1) is 0 Å². The molecule has 4 atom stereocenters. The Hall–Kier alpha value is -0.330. The molecule has 0 aromatic carbocycles. The highest BCUT2D eigenvalue weighted by molar-refractivity contribution is 5.86. The lowest BCUT2D eigenvalue weighted by Crippen LogP contribution is -2.52. The lowest BCUT2D eigenvalue weighted by molar-refractivity contribution is -0.139. The SMILES string of the molecule is CC1CC(=O)C2C(C(C)(C)C)CC12C. The topological polar surface area (TPSA) is 17.1 Å². The van der Waals surface area contributed by atoms with E-state index in [2.05, 4.69) is 34.6 Å². The predicted molar refractivity (Wildman–Crippen MR) is 57.9 cm³/mol. The smallest absolute Gasteiger partial charge is 0.137 e. The third kappa shape index (κ3) is 1.11. The van der Waals surface area contributed by atoms with E-state index in [1.165, 1.54) is 6.42 Å². The molecule has 0 radical (unpaired) electrons. The second-order valence-electron chi connectivity index (χ2n) is 6.73. The summed E-state index contributed by atoms with van der Waals surface area (Å²) in [5, 5.41) is 0. The van der Waals surface area contributed by atoms with Crippen molar-refractivity contribution in [3.8, 4) is 0 Å². The number of Topliss-reactive ketones (excluding diaryl/α,β-unsaturated/α-hetero) is 1. The molecule has 0 N–H and O–H groups in total. The van der Waals surface area contributed by atoms with E-state index < -0.39 is 0 Å². The van der Waals surface area contributed by atoms with Gasteiger partial charge in [0.1, 0.15) is 5.78 Å². The van der Waals surface area contributed by atoms with Crippen LogP contribution in [0.2, 0.25) is 0 Å². The Morgan fingerprint density at radius 2 is 1.93 bits per heavy atom. The highest BCUT2D eigenvalue weighted by Crippen LogP contribution is 2.65. The lowest BCUT2D eigenvalue weighted by Gasteiger charge is -2.55. The minimum Gasteiger partial charge on any atom is -0.299 e. The van der Waals surface area contributed by atoms with Gasteiger partial charge in [-0.3, -0.25) is 4.79 Å². The zero-order valence-electron chi connectivity index (χ0n) is 10.1. The highest BCUT2D eigenvalue weighted by Gasteiger charge is 2.63. The minimum absolute atomic E-state index is 0.309. The quantitative estimate of drug-likeness (QED) is 0.578. The van der Waals surface area contributed by atoms with Gasteiger partial charge in [0.2, 0.25) is 0 Å². The molecule has 1 nitrogen and oxygen atoms in total. The van der Waals surface area contributed by atoms with Gasteiger partial charge in [-0.05, 0) is 29.1 Å². The molecule has 2 saturated carbocycles. The summed E-state index contributed by atoms with van der Waals surface area (Å²) < 4.78 is 0. The summed E-state index contributed by atoms with van der Waals surface area (Å²) >= 11 is 0. The summed E-state index contributed by atoms with van der Waals surface area (Å²) in [5.74, 6) is 2.15. The molecular formula is C13H22O. The number of hydrogen-bond acceptors (Lipinski definition) is 1. The number of ketones is 1. The van der Waals surface area contributed by atoms with Gasteiger partial charge in [-0.2, -0.15) is 0 Å². The second-order valence-corrected chi connectivity index (χ2v) is 6.73. The largest absolute Gasteiger partial charge is 0.299 e. The van der Waals surface area contributed by atoms with Crippen LogP contribution < -0.4 is 0 Å². The van der Waals surface area contributed by atoms with E-state index in [0.29, 0.717) is 34.4 Å². The molecule has 2 rings (SSSR count). The summed E-state index contributed by atoms with van der Waals surface area (Å²) in [4.78, 5) is 11.9. The van der Waals surface area contributed by atoms with Gasteiger partial charge < -0.3 is 0 Å². The summed E-state index contributed by atoms with van der Waals surface area (Å²) in [5.41, 5.74) is 0.652. The van der Waals surface area contributed by atoms with Crippen molar-refractivity contribution < 1.29 is 4.79 Å². The van der Waals surface area contributed by atoms with Gasteiger partial charge in [-0.1, -0.05) is 34.6 Å². The van der Waals surface area contributed by atoms with Gasteiger partial charge in [0.15, 0.2) is 0 Å². The fourth-order valence-corrected chi connectivity index (χ4v) is 3.59. The molecule has 80 valence electrons. The Morgan fingerprint density at radius 1 is 1.36 bits per heavy atom. The predicted octanol–water partition coefficient (Wildman–Crippen LogP) is 3.28. The van der Waals surface area contributed by atoms with Crippen LogP contribution in [0.25, 0.3) is 0 Å². The van der Waals surface area contributed by atoms with Gasteiger partial charge in [-0.25, -0.2) is 0 Å². The average Bonchev–Trinajstić information content (AvgIpc) is 2.08. The molecule has 0 bridgehead atoms. The fourth-order valence-electron chi connectivity index (χ4n) is 3.59. The van der Waals surface area contributed by atoms with Crippen LogP contribution in [-0.2, 0) is 4.79 Å². The van der Waals surface area contributed by atoms with E-state index in [1.54, 1.807) is 0 Å². The van der Waals surface area contributed by atoms with Crippen molar-refractivity contribution in [2.24, 2.45) is 28.6 Å². The molecule has 0 aromatic rings. The molecule has 4 unspecified atom stereocenters. The van der Waals surface area contributed by atoms with Crippen LogP contribution >= 0.6 is 0 Å². The first-order chi connectivity index (χ1) is 6.27. The molecule has 0 aromatic heterocycles. The van der Waals surface area contributed by atoms with Gasteiger partial charge in [0, 0.05) is 12.3 Å². The molecule has 1 heteroatoms. The molecular weight excluding hydrogens is 172 g/mol. The van der Waals surface area contributed by atoms with Gasteiger partial charge >= 0.3 is 0 Å². The Morgan fingerprint density at radius 3 is 2.36 bits per heavy atom. The van der Waals surface area contributed by atoms with Crippen molar-refractivity contribution in [3.63, 3.8) is 0 Å². The Labute approximate surface area is 87.3 Å². The van der Waals surface area contributed by atoms with Crippen LogP contribution in [0, 0.1) is 28.6 Å². The van der Waals surface area contributed by atoms with Crippen molar-refractivity contribution in [1.29, 1.82) is 0 Å². The van der Waals surface area contributed by atoms with Crippen LogP contribution in [0.4, 0.5) is 0 Å². The Bertz CT molecular complexity index is 273. The van der Waals surface area contributed by atoms with Crippen molar-refractivity contribution >= 4 is 5.78 Å². The van der Waals surface area contributed by atoms with Crippen LogP contribution in [0.1, 0.15) is 47.5 Å². The highest BCUT2D eigenvalue weighted by atomic mass is 16.1. The maximum Gasteiger partial charge on any atom is 0.137 e. The van der Waals surface area contributed by atoms with Crippen molar-refractivity contribution in [2.45, 2.75) is 47.5 Å². The first-order valence-corrected chi connectivity index (χ1v) is 5.79. The van der Waals surface area contributed by atoms with E-state index >= 15 is 0 Å². The molecule has 14 heavy (non-hydrogen) atoms. The Kier molecular flexibility index (Phi) is 1.91. The maximum atomic E-state index is 11.9. The maximum absolute atomic E-state index is 11.9. The molecule has 2 fully saturated rings. The number of carbonyl (C=O) groups is 1. The summed E-state index contributed by atoms with van der Waals surface area (Å²) in [6.07, 6.45) is 2.09. The van der Waals surface area contributed by atoms with E-state index in [-0.39, 0.29) is 0 Å². The molecule has 2 aliphatic carbocycles. The molecule has 0 saturated heterocycles. The standard InChI is InChI=1S/C13H22O/c1-8-6-10(14)11-9(12(2,3)4)7-13(8,11)5/h8-9,11H,6-7H2,1-5H3. The number of hydrogen-bond donors (Lipinski definition) is 0. The molecule has 0 heterocycles. The van der Waals surface area contributed by atoms with Crippen LogP contribution in [-0.4, -0.2) is 5.78 Å². The van der Waals surface area contributed by atoms with Gasteiger partial charge in [0.25, 0.3) is 0 Å². The molecule has 2 aliphatic rings. The van der Waals surface area contributed by atoms with Crippen LogP contribution in [0.5, 0.6) is 0 Å². The first kappa shape index (κ1) is 10.2. The van der Waals surface area contributed by atoms with Crippen molar-refractivity contribution in [1.82, 2.24) is 0 Å². The van der Waals surface area contributed by atoms with Crippen LogP contribution in [0.3, 0.4) is 0 Å². The van der Waals surface area contributed by atoms with Crippen molar-refractivity contribution in [2.75, 3.05) is 0 Å². The van der Waals surface area contributed by atoms with E-state index in [1.807, 2.05) is 0 Å². The van der Waals surface area contributed by atoms with E-state index in [9.17, 15) is 4.79 Å². The number of fused-ring (bicyclic) bond motifs is 1. The summed E-state index contributed by atoms with van der Waals surface area (Å²) in [7, 11) is 0. The third-order valence-corrected chi connectivity index (χ3v) is 4.86. The molecule has 0 aliphatic heterocycles. The summed E-state index contributed by atoms with van der Waals surface area (Å²) in [6, 6.07) is 0. The average molecular weight is 194 g/mol. The fraction of sp³-hybridized carbons (Fsp3) is 0.923. The van der Waals surface area contributed by atoms with Crippen molar-refractivity contribution in [3.05, 3.63) is 0 Å². The monoisotopic (exact) mass is 194 g/mol. The zero-order chi connectivity index (χ0) is 10.7. The minimum atomic E-state index is 0.309. The zero-order valence-corrected chi connectivity index (χ0v) is 10.1. The van der Waals surface area contributed by atoms with Crippen LogP contribution in [0.15, 0.2) is 0 Å². The molecule has 0 amide bonds.